The van der Waals surface area contributed by atoms with Gasteiger partial charge in [0.2, 0.25) is 0 Å². The van der Waals surface area contributed by atoms with Gasteiger partial charge in [-0.1, -0.05) is 23.8 Å². The largest absolute Gasteiger partial charge is 0.508 e. The average Bonchev–Trinajstić information content (AvgIpc) is 2.74. The molecule has 0 fully saturated rings. The van der Waals surface area contributed by atoms with Crippen LogP contribution in [-0.4, -0.2) is 34.6 Å². The summed E-state index contributed by atoms with van der Waals surface area (Å²) in [5.74, 6) is 0.0243. The molecule has 3 aromatic rings. The fraction of sp³-hybridized carbons (Fsp3) is 0.200. The number of hydrogen-bond donors (Lipinski definition) is 4. The van der Waals surface area contributed by atoms with Crippen molar-refractivity contribution in [3.63, 3.8) is 0 Å². The molecule has 0 saturated carbocycles. The molecule has 0 saturated heterocycles. The molecule has 0 atom stereocenters. The Morgan fingerprint density at radius 1 is 0.806 bits per heavy atom. The van der Waals surface area contributed by atoms with Crippen LogP contribution in [0.15, 0.2) is 54.1 Å². The summed E-state index contributed by atoms with van der Waals surface area (Å²) in [5.41, 5.74) is 3.98. The van der Waals surface area contributed by atoms with Gasteiger partial charge in [0, 0.05) is 5.56 Å². The summed E-state index contributed by atoms with van der Waals surface area (Å²) in [6.07, 6.45) is 2.59. The molecule has 162 valence electrons. The maximum atomic E-state index is 11.0. The van der Waals surface area contributed by atoms with Crippen LogP contribution in [0.4, 0.5) is 0 Å². The van der Waals surface area contributed by atoms with Crippen LogP contribution in [0.2, 0.25) is 0 Å². The Morgan fingerprint density at radius 2 is 1.48 bits per heavy atom. The first-order chi connectivity index (χ1) is 14.8. The Hall–Kier alpha value is -3.80. The molecule has 3 aromatic carbocycles. The van der Waals surface area contributed by atoms with Crippen molar-refractivity contribution >= 4 is 0 Å². The topological polar surface area (TPSA) is 99.4 Å². The van der Waals surface area contributed by atoms with Crippen molar-refractivity contribution in [1.82, 2.24) is 0 Å². The van der Waals surface area contributed by atoms with Crippen molar-refractivity contribution in [2.45, 2.75) is 20.3 Å². The van der Waals surface area contributed by atoms with Gasteiger partial charge in [0.1, 0.15) is 11.5 Å². The van der Waals surface area contributed by atoms with E-state index in [1.54, 1.807) is 24.3 Å². The molecule has 6 nitrogen and oxygen atoms in total. The van der Waals surface area contributed by atoms with Crippen LogP contribution in [0, 0.1) is 0 Å². The van der Waals surface area contributed by atoms with Gasteiger partial charge in [-0.3, -0.25) is 0 Å². The van der Waals surface area contributed by atoms with E-state index >= 15 is 0 Å². The predicted molar refractivity (Wildman–Crippen MR) is 120 cm³/mol. The second-order valence-electron chi connectivity index (χ2n) is 7.42. The van der Waals surface area contributed by atoms with Crippen molar-refractivity contribution in [3.05, 3.63) is 59.7 Å². The third kappa shape index (κ3) is 4.38. The summed E-state index contributed by atoms with van der Waals surface area (Å²) in [6, 6.07) is 11.2. The molecule has 0 aliphatic carbocycles. The maximum absolute atomic E-state index is 11.0. The molecule has 0 aliphatic rings. The lowest BCUT2D eigenvalue weighted by Gasteiger charge is -2.18. The molecule has 4 N–H and O–H groups in total. The number of aromatic hydroxyl groups is 4. The van der Waals surface area contributed by atoms with Gasteiger partial charge < -0.3 is 29.9 Å². The first kappa shape index (κ1) is 21.9. The normalized spacial score (nSPS) is 10.6. The minimum absolute atomic E-state index is 0.166. The molecule has 0 heterocycles. The smallest absolute Gasteiger partial charge is 0.170 e. The second-order valence-corrected chi connectivity index (χ2v) is 7.42. The van der Waals surface area contributed by atoms with Gasteiger partial charge >= 0.3 is 0 Å². The van der Waals surface area contributed by atoms with Gasteiger partial charge in [0.25, 0.3) is 0 Å². The first-order valence-electron chi connectivity index (χ1n) is 9.72. The van der Waals surface area contributed by atoms with Crippen LogP contribution in [0.5, 0.6) is 34.5 Å². The van der Waals surface area contributed by atoms with E-state index in [0.717, 1.165) is 16.7 Å². The van der Waals surface area contributed by atoms with Crippen molar-refractivity contribution < 1.29 is 29.9 Å². The molecular weight excluding hydrogens is 396 g/mol. The Morgan fingerprint density at radius 3 is 2.10 bits per heavy atom. The summed E-state index contributed by atoms with van der Waals surface area (Å²) in [4.78, 5) is 0. The molecule has 0 aliphatic heterocycles. The van der Waals surface area contributed by atoms with Gasteiger partial charge in [0.05, 0.1) is 19.8 Å². The quantitative estimate of drug-likeness (QED) is 0.315. The minimum Gasteiger partial charge on any atom is -0.508 e. The van der Waals surface area contributed by atoms with E-state index in [-0.39, 0.29) is 28.7 Å². The highest BCUT2D eigenvalue weighted by Gasteiger charge is 2.22. The SMILES string of the molecule is COc1cc(-c2ccc(O)c(CC=C(C)C)c2)c(OC)c(O)c1-c1ccc(O)c(O)c1. The zero-order valence-corrected chi connectivity index (χ0v) is 17.9. The summed E-state index contributed by atoms with van der Waals surface area (Å²) in [5, 5.41) is 40.8. The Bertz CT molecular complexity index is 1140. The Labute approximate surface area is 181 Å². The molecule has 0 amide bonds. The van der Waals surface area contributed by atoms with Gasteiger partial charge in [-0.2, -0.15) is 0 Å². The number of methoxy groups -OCH3 is 2. The molecule has 0 unspecified atom stereocenters. The van der Waals surface area contributed by atoms with Gasteiger partial charge in [-0.15, -0.1) is 0 Å². The number of allylic oxidation sites excluding steroid dienone is 2. The summed E-state index contributed by atoms with van der Waals surface area (Å²) in [7, 11) is 2.93. The van der Waals surface area contributed by atoms with E-state index in [1.165, 1.54) is 26.4 Å². The van der Waals surface area contributed by atoms with Gasteiger partial charge in [0.15, 0.2) is 23.0 Å². The molecular formula is C25H26O6. The number of phenolic OH excluding ortho intramolecular Hbond substituents is 4. The number of hydrogen-bond acceptors (Lipinski definition) is 6. The summed E-state index contributed by atoms with van der Waals surface area (Å²) >= 11 is 0. The Kier molecular flexibility index (Phi) is 6.30. The monoisotopic (exact) mass is 422 g/mol. The number of rotatable bonds is 6. The van der Waals surface area contributed by atoms with Crippen LogP contribution in [0.1, 0.15) is 19.4 Å². The van der Waals surface area contributed by atoms with E-state index in [1.807, 2.05) is 26.0 Å². The fourth-order valence-electron chi connectivity index (χ4n) is 3.40. The van der Waals surface area contributed by atoms with Crippen molar-refractivity contribution in [3.8, 4) is 56.8 Å². The lowest BCUT2D eigenvalue weighted by atomic mass is 9.94. The highest BCUT2D eigenvalue weighted by molar-refractivity contribution is 5.88. The standard InChI is InChI=1S/C25H26O6/c1-14(2)5-6-16-11-15(7-9-19(16)26)18-13-22(30-3)23(24(29)25(18)31-4)17-8-10-20(27)21(28)12-17/h5,7-13,26-29H,6H2,1-4H3. The minimum atomic E-state index is -0.315. The predicted octanol–water partition coefficient (Wildman–Crippen LogP) is 5.37. The lowest BCUT2D eigenvalue weighted by molar-refractivity contribution is 0.369. The third-order valence-electron chi connectivity index (χ3n) is 5.03. The van der Waals surface area contributed by atoms with Crippen molar-refractivity contribution in [2.24, 2.45) is 0 Å². The van der Waals surface area contributed by atoms with Crippen molar-refractivity contribution in [2.75, 3.05) is 14.2 Å². The molecule has 0 bridgehead atoms. The molecule has 0 spiro atoms. The average molecular weight is 422 g/mol. The van der Waals surface area contributed by atoms with E-state index in [9.17, 15) is 20.4 Å². The summed E-state index contributed by atoms with van der Waals surface area (Å²) < 4.78 is 11.0. The fourth-order valence-corrected chi connectivity index (χ4v) is 3.40. The Balaban J connectivity index is 2.21. The van der Waals surface area contributed by atoms with Gasteiger partial charge in [-0.05, 0) is 67.3 Å². The van der Waals surface area contributed by atoms with Gasteiger partial charge in [-0.25, -0.2) is 0 Å². The molecule has 0 aromatic heterocycles. The number of benzene rings is 3. The molecule has 6 heteroatoms. The van der Waals surface area contributed by atoms with Crippen LogP contribution < -0.4 is 9.47 Å². The van der Waals surface area contributed by atoms with Crippen LogP contribution in [0.3, 0.4) is 0 Å². The highest BCUT2D eigenvalue weighted by Crippen LogP contribution is 2.50. The molecule has 3 rings (SSSR count). The van der Waals surface area contributed by atoms with E-state index in [2.05, 4.69) is 0 Å². The molecule has 31 heavy (non-hydrogen) atoms. The van der Waals surface area contributed by atoms with Crippen LogP contribution in [-0.2, 0) is 6.42 Å². The molecule has 0 radical (unpaired) electrons. The third-order valence-corrected chi connectivity index (χ3v) is 5.03. The van der Waals surface area contributed by atoms with E-state index < -0.39 is 0 Å². The number of phenols is 4. The van der Waals surface area contributed by atoms with Crippen LogP contribution >= 0.6 is 0 Å². The summed E-state index contributed by atoms with van der Waals surface area (Å²) in [6.45, 7) is 3.99. The second kappa shape index (κ2) is 8.92. The lowest BCUT2D eigenvalue weighted by Crippen LogP contribution is -1.96. The highest BCUT2D eigenvalue weighted by atomic mass is 16.5. The van der Waals surface area contributed by atoms with Crippen LogP contribution in [0.25, 0.3) is 22.3 Å². The van der Waals surface area contributed by atoms with E-state index in [0.29, 0.717) is 28.9 Å². The first-order valence-corrected chi connectivity index (χ1v) is 9.72. The number of ether oxygens (including phenoxy) is 2. The van der Waals surface area contributed by atoms with Crippen molar-refractivity contribution in [1.29, 1.82) is 0 Å². The zero-order chi connectivity index (χ0) is 22.7. The maximum Gasteiger partial charge on any atom is 0.170 e. The zero-order valence-electron chi connectivity index (χ0n) is 17.9. The van der Waals surface area contributed by atoms with E-state index in [4.69, 9.17) is 9.47 Å².